The number of carbonyl (C=O) groups is 2. The SMILES string of the molecule is CCOC(=O)[C@H]1[C@@H]2COc3ccc(C(C)=O)c(O)c3[C@@H]21. The van der Waals surface area contributed by atoms with E-state index in [-0.39, 0.29) is 40.8 Å². The van der Waals surface area contributed by atoms with Crippen LogP contribution in [0.3, 0.4) is 0 Å². The summed E-state index contributed by atoms with van der Waals surface area (Å²) in [5, 5.41) is 10.3. The molecule has 1 aromatic rings. The van der Waals surface area contributed by atoms with Crippen molar-refractivity contribution in [2.45, 2.75) is 19.8 Å². The van der Waals surface area contributed by atoms with Gasteiger partial charge in [0, 0.05) is 17.4 Å². The molecule has 1 aromatic carbocycles. The number of esters is 1. The summed E-state index contributed by atoms with van der Waals surface area (Å²) in [5.41, 5.74) is 0.842. The molecule has 5 heteroatoms. The molecular formula is C15H16O5. The molecule has 0 radical (unpaired) electrons. The van der Waals surface area contributed by atoms with Crippen molar-refractivity contribution in [3.63, 3.8) is 0 Å². The monoisotopic (exact) mass is 276 g/mol. The van der Waals surface area contributed by atoms with Gasteiger partial charge in [-0.05, 0) is 26.0 Å². The highest BCUT2D eigenvalue weighted by Gasteiger charge is 2.60. The fourth-order valence-corrected chi connectivity index (χ4v) is 3.04. The van der Waals surface area contributed by atoms with Gasteiger partial charge in [-0.25, -0.2) is 0 Å². The second-order valence-corrected chi connectivity index (χ2v) is 5.21. The third-order valence-corrected chi connectivity index (χ3v) is 4.05. The summed E-state index contributed by atoms with van der Waals surface area (Å²) in [7, 11) is 0. The van der Waals surface area contributed by atoms with Gasteiger partial charge in [-0.2, -0.15) is 0 Å². The van der Waals surface area contributed by atoms with Crippen LogP contribution in [0.5, 0.6) is 11.5 Å². The van der Waals surface area contributed by atoms with E-state index in [1.165, 1.54) is 6.92 Å². The third-order valence-electron chi connectivity index (χ3n) is 4.05. The van der Waals surface area contributed by atoms with Crippen molar-refractivity contribution in [2.24, 2.45) is 11.8 Å². The molecule has 1 aliphatic heterocycles. The Morgan fingerprint density at radius 2 is 2.20 bits per heavy atom. The van der Waals surface area contributed by atoms with Crippen LogP contribution in [0.4, 0.5) is 0 Å². The molecule has 0 bridgehead atoms. The minimum Gasteiger partial charge on any atom is -0.507 e. The summed E-state index contributed by atoms with van der Waals surface area (Å²) < 4.78 is 10.6. The maximum Gasteiger partial charge on any atom is 0.309 e. The van der Waals surface area contributed by atoms with Crippen molar-refractivity contribution in [3.05, 3.63) is 23.3 Å². The molecule has 3 atom stereocenters. The molecule has 20 heavy (non-hydrogen) atoms. The first-order valence-corrected chi connectivity index (χ1v) is 6.72. The molecule has 0 spiro atoms. The van der Waals surface area contributed by atoms with E-state index < -0.39 is 0 Å². The zero-order valence-electron chi connectivity index (χ0n) is 11.4. The Hall–Kier alpha value is -2.04. The van der Waals surface area contributed by atoms with Gasteiger partial charge < -0.3 is 14.6 Å². The van der Waals surface area contributed by atoms with Gasteiger partial charge in [-0.1, -0.05) is 0 Å². The second kappa shape index (κ2) is 4.51. The number of ether oxygens (including phenoxy) is 2. The largest absolute Gasteiger partial charge is 0.507 e. The summed E-state index contributed by atoms with van der Waals surface area (Å²) in [4.78, 5) is 23.4. The van der Waals surface area contributed by atoms with Gasteiger partial charge in [-0.15, -0.1) is 0 Å². The molecule has 1 saturated carbocycles. The molecular weight excluding hydrogens is 260 g/mol. The second-order valence-electron chi connectivity index (χ2n) is 5.21. The number of fused-ring (bicyclic) bond motifs is 3. The lowest BCUT2D eigenvalue weighted by Crippen LogP contribution is -2.11. The Balaban J connectivity index is 1.98. The van der Waals surface area contributed by atoms with Crippen molar-refractivity contribution in [2.75, 3.05) is 13.2 Å². The first-order chi connectivity index (χ1) is 9.56. The van der Waals surface area contributed by atoms with Crippen LogP contribution in [0, 0.1) is 11.8 Å². The molecule has 0 unspecified atom stereocenters. The average Bonchev–Trinajstić information content (AvgIpc) is 3.13. The molecule has 1 aliphatic carbocycles. The van der Waals surface area contributed by atoms with E-state index in [0.29, 0.717) is 24.5 Å². The van der Waals surface area contributed by atoms with Crippen molar-refractivity contribution in [3.8, 4) is 11.5 Å². The molecule has 1 heterocycles. The van der Waals surface area contributed by atoms with Crippen LogP contribution < -0.4 is 4.74 Å². The third kappa shape index (κ3) is 1.77. The lowest BCUT2D eigenvalue weighted by Gasteiger charge is -2.18. The van der Waals surface area contributed by atoms with Crippen molar-refractivity contribution in [1.29, 1.82) is 0 Å². The number of hydrogen-bond donors (Lipinski definition) is 1. The number of aromatic hydroxyl groups is 1. The number of hydrogen-bond acceptors (Lipinski definition) is 5. The van der Waals surface area contributed by atoms with Crippen LogP contribution in [0.1, 0.15) is 35.7 Å². The molecule has 0 saturated heterocycles. The van der Waals surface area contributed by atoms with Crippen molar-refractivity contribution in [1.82, 2.24) is 0 Å². The van der Waals surface area contributed by atoms with Gasteiger partial charge in [0.2, 0.25) is 0 Å². The Kier molecular flexibility index (Phi) is 2.92. The minimum absolute atomic E-state index is 0.0367. The summed E-state index contributed by atoms with van der Waals surface area (Å²) >= 11 is 0. The summed E-state index contributed by atoms with van der Waals surface area (Å²) in [6, 6.07) is 3.24. The van der Waals surface area contributed by atoms with Crippen LogP contribution in [0.2, 0.25) is 0 Å². The first kappa shape index (κ1) is 13.0. The summed E-state index contributed by atoms with van der Waals surface area (Å²) in [5.74, 6) is -0.305. The highest BCUT2D eigenvalue weighted by molar-refractivity contribution is 5.98. The van der Waals surface area contributed by atoms with Crippen LogP contribution >= 0.6 is 0 Å². The molecule has 3 rings (SSSR count). The van der Waals surface area contributed by atoms with E-state index in [9.17, 15) is 14.7 Å². The zero-order valence-corrected chi connectivity index (χ0v) is 11.4. The molecule has 1 N–H and O–H groups in total. The fourth-order valence-electron chi connectivity index (χ4n) is 3.04. The van der Waals surface area contributed by atoms with Crippen LogP contribution in [-0.2, 0) is 9.53 Å². The molecule has 1 fully saturated rings. The predicted octanol–water partition coefficient (Wildman–Crippen LogP) is 1.88. The summed E-state index contributed by atoms with van der Waals surface area (Å²) in [6.07, 6.45) is 0. The van der Waals surface area contributed by atoms with E-state index in [4.69, 9.17) is 9.47 Å². The van der Waals surface area contributed by atoms with Crippen molar-refractivity contribution < 1.29 is 24.2 Å². The average molecular weight is 276 g/mol. The smallest absolute Gasteiger partial charge is 0.309 e. The Bertz CT molecular complexity index is 592. The van der Waals surface area contributed by atoms with Crippen LogP contribution in [0.15, 0.2) is 12.1 Å². The van der Waals surface area contributed by atoms with Gasteiger partial charge in [0.15, 0.2) is 5.78 Å². The predicted molar refractivity (Wildman–Crippen MR) is 70.0 cm³/mol. The van der Waals surface area contributed by atoms with E-state index in [0.717, 1.165) is 0 Å². The maximum absolute atomic E-state index is 11.9. The fraction of sp³-hybridized carbons (Fsp3) is 0.467. The summed E-state index contributed by atoms with van der Waals surface area (Å²) in [6.45, 7) is 3.94. The van der Waals surface area contributed by atoms with Crippen LogP contribution in [-0.4, -0.2) is 30.1 Å². The highest BCUT2D eigenvalue weighted by atomic mass is 16.5. The normalized spacial score (nSPS) is 26.0. The lowest BCUT2D eigenvalue weighted by molar-refractivity contribution is -0.145. The van der Waals surface area contributed by atoms with Crippen LogP contribution in [0.25, 0.3) is 0 Å². The van der Waals surface area contributed by atoms with E-state index in [1.54, 1.807) is 19.1 Å². The Labute approximate surface area is 116 Å². The standard InChI is InChI=1S/C15H16O5/c1-3-19-15(18)12-9-6-20-10-5-4-8(7(2)16)14(17)13(10)11(9)12/h4-5,9,11-12,17H,3,6H2,1-2H3/t9-,11+,12+/m1/s1. The number of carbonyl (C=O) groups excluding carboxylic acids is 2. The number of phenolic OH excluding ortho intramolecular Hbond substituents is 1. The Morgan fingerprint density at radius 1 is 1.45 bits per heavy atom. The van der Waals surface area contributed by atoms with Gasteiger partial charge in [0.05, 0.1) is 24.7 Å². The number of Topliss-reactive ketones (excluding diaryl/α,β-unsaturated/α-hetero) is 1. The zero-order chi connectivity index (χ0) is 14.4. The quantitative estimate of drug-likeness (QED) is 0.674. The van der Waals surface area contributed by atoms with E-state index >= 15 is 0 Å². The number of rotatable bonds is 3. The van der Waals surface area contributed by atoms with E-state index in [1.807, 2.05) is 0 Å². The maximum atomic E-state index is 11.9. The van der Waals surface area contributed by atoms with Gasteiger partial charge in [0.25, 0.3) is 0 Å². The number of ketones is 1. The van der Waals surface area contributed by atoms with Crippen molar-refractivity contribution >= 4 is 11.8 Å². The van der Waals surface area contributed by atoms with Gasteiger partial charge in [-0.3, -0.25) is 9.59 Å². The highest BCUT2D eigenvalue weighted by Crippen LogP contribution is 2.62. The molecule has 0 aromatic heterocycles. The molecule has 0 amide bonds. The number of phenols is 1. The van der Waals surface area contributed by atoms with Gasteiger partial charge >= 0.3 is 5.97 Å². The minimum atomic E-state index is -0.274. The first-order valence-electron chi connectivity index (χ1n) is 6.72. The molecule has 5 nitrogen and oxygen atoms in total. The number of benzene rings is 1. The topological polar surface area (TPSA) is 72.8 Å². The van der Waals surface area contributed by atoms with Gasteiger partial charge in [0.1, 0.15) is 11.5 Å². The Morgan fingerprint density at radius 3 is 2.85 bits per heavy atom. The molecule has 2 aliphatic rings. The van der Waals surface area contributed by atoms with E-state index in [2.05, 4.69) is 0 Å². The molecule has 106 valence electrons. The lowest BCUT2D eigenvalue weighted by atomic mass is 9.98.